The largest absolute Gasteiger partial charge is 0.444 e. The Hall–Kier alpha value is -2.91. The molecule has 1 aliphatic rings. The third kappa shape index (κ3) is 5.11. The fraction of sp³-hybridized carbons (Fsp3) is 0.522. The fourth-order valence-electron chi connectivity index (χ4n) is 4.20. The molecule has 0 saturated carbocycles. The first-order chi connectivity index (χ1) is 15.3. The topological polar surface area (TPSA) is 99.5 Å². The number of fused-ring (bicyclic) bond motifs is 1. The number of aliphatic hydroxyl groups is 1. The first-order valence-corrected chi connectivity index (χ1v) is 11.1. The number of carbonyl (C=O) groups is 1. The Morgan fingerprint density at radius 2 is 2.03 bits per heavy atom. The van der Waals surface area contributed by atoms with Crippen molar-refractivity contribution in [3.63, 3.8) is 0 Å². The van der Waals surface area contributed by atoms with Gasteiger partial charge in [0.05, 0.1) is 12.6 Å². The van der Waals surface area contributed by atoms with Crippen LogP contribution in [0.15, 0.2) is 37.1 Å². The second-order valence-corrected chi connectivity index (χ2v) is 9.33. The molecule has 2 aromatic heterocycles. The van der Waals surface area contributed by atoms with E-state index in [-0.39, 0.29) is 18.7 Å². The van der Waals surface area contributed by atoms with Gasteiger partial charge < -0.3 is 19.7 Å². The van der Waals surface area contributed by atoms with E-state index in [0.717, 1.165) is 37.1 Å². The number of ether oxygens (including phenoxy) is 1. The van der Waals surface area contributed by atoms with Gasteiger partial charge in [-0.25, -0.2) is 4.79 Å². The van der Waals surface area contributed by atoms with Crippen LogP contribution < -0.4 is 0 Å². The minimum absolute atomic E-state index is 0.0654. The van der Waals surface area contributed by atoms with Gasteiger partial charge in [-0.05, 0) is 63.9 Å². The number of nitrogens with one attached hydrogen (secondary N) is 1. The van der Waals surface area contributed by atoms with E-state index < -0.39 is 5.60 Å². The second kappa shape index (κ2) is 9.30. The molecule has 2 N–H and O–H groups in total. The SMILES string of the molecule is CC(C)(C)OC(=O)N1CCN(CCCc2c[nH]c3ccc(-n4cnnc4)cc23)CC1CO. The van der Waals surface area contributed by atoms with Gasteiger partial charge in [-0.3, -0.25) is 9.47 Å². The Morgan fingerprint density at radius 3 is 2.75 bits per heavy atom. The summed E-state index contributed by atoms with van der Waals surface area (Å²) in [5.41, 5.74) is 2.89. The van der Waals surface area contributed by atoms with Crippen LogP contribution in [0.4, 0.5) is 4.79 Å². The molecular formula is C23H32N6O3. The zero-order chi connectivity index (χ0) is 22.7. The van der Waals surface area contributed by atoms with Crippen LogP contribution >= 0.6 is 0 Å². The predicted octanol–water partition coefficient (Wildman–Crippen LogP) is 2.59. The lowest BCUT2D eigenvalue weighted by Crippen LogP contribution is -2.57. The number of piperazine rings is 1. The average Bonchev–Trinajstić information content (AvgIpc) is 3.42. The lowest BCUT2D eigenvalue weighted by molar-refractivity contribution is -0.0116. The molecular weight excluding hydrogens is 408 g/mol. The van der Waals surface area contributed by atoms with E-state index in [4.69, 9.17) is 4.74 Å². The second-order valence-electron chi connectivity index (χ2n) is 9.33. The maximum atomic E-state index is 12.5. The Balaban J connectivity index is 1.33. The standard InChI is InChI=1S/C23H32N6O3/c1-23(2,3)32-22(31)29-10-9-27(13-19(29)14-30)8-4-5-17-12-24-21-7-6-18(11-20(17)21)28-15-25-26-16-28/h6-7,11-12,15-16,19,24,30H,4-5,8-10,13-14H2,1-3H3. The van der Waals surface area contributed by atoms with E-state index in [1.807, 2.05) is 31.4 Å². The van der Waals surface area contributed by atoms with Crippen molar-refractivity contribution >= 4 is 17.0 Å². The number of H-pyrrole nitrogens is 1. The summed E-state index contributed by atoms with van der Waals surface area (Å²) in [4.78, 5) is 19.8. The van der Waals surface area contributed by atoms with Gasteiger partial charge in [-0.15, -0.1) is 10.2 Å². The molecule has 0 aliphatic carbocycles. The molecule has 3 aromatic rings. The first kappa shape index (κ1) is 22.3. The van der Waals surface area contributed by atoms with Gasteiger partial charge in [0.25, 0.3) is 0 Å². The molecule has 1 unspecified atom stereocenters. The maximum Gasteiger partial charge on any atom is 0.410 e. The van der Waals surface area contributed by atoms with Crippen molar-refractivity contribution < 1.29 is 14.6 Å². The third-order valence-electron chi connectivity index (χ3n) is 5.79. The molecule has 1 fully saturated rings. The van der Waals surface area contributed by atoms with Crippen LogP contribution in [0, 0.1) is 0 Å². The molecule has 1 aromatic carbocycles. The highest BCUT2D eigenvalue weighted by Gasteiger charge is 2.32. The molecule has 0 bridgehead atoms. The molecule has 32 heavy (non-hydrogen) atoms. The summed E-state index contributed by atoms with van der Waals surface area (Å²) in [5.74, 6) is 0. The lowest BCUT2D eigenvalue weighted by Gasteiger charge is -2.41. The number of hydrogen-bond acceptors (Lipinski definition) is 6. The molecule has 172 valence electrons. The van der Waals surface area contributed by atoms with E-state index in [9.17, 15) is 9.90 Å². The number of aromatic nitrogens is 4. The molecule has 0 radical (unpaired) electrons. The summed E-state index contributed by atoms with van der Waals surface area (Å²) in [5, 5.41) is 18.8. The van der Waals surface area contributed by atoms with Crippen LogP contribution in [0.3, 0.4) is 0 Å². The molecule has 1 atom stereocenters. The number of aromatic amines is 1. The molecule has 1 aliphatic heterocycles. The number of nitrogens with zero attached hydrogens (tertiary/aromatic N) is 5. The van der Waals surface area contributed by atoms with Crippen LogP contribution in [-0.4, -0.2) is 85.2 Å². The zero-order valence-electron chi connectivity index (χ0n) is 19.0. The molecule has 3 heterocycles. The van der Waals surface area contributed by atoms with Crippen molar-refractivity contribution in [2.75, 3.05) is 32.8 Å². The molecule has 9 nitrogen and oxygen atoms in total. The molecule has 9 heteroatoms. The number of hydrogen-bond donors (Lipinski definition) is 2. The van der Waals surface area contributed by atoms with Crippen LogP contribution in [0.2, 0.25) is 0 Å². The quantitative estimate of drug-likeness (QED) is 0.611. The van der Waals surface area contributed by atoms with Crippen molar-refractivity contribution in [2.24, 2.45) is 0 Å². The number of amides is 1. The zero-order valence-corrected chi connectivity index (χ0v) is 19.0. The van der Waals surface area contributed by atoms with Gasteiger partial charge >= 0.3 is 6.09 Å². The Labute approximate surface area is 188 Å². The highest BCUT2D eigenvalue weighted by atomic mass is 16.6. The van der Waals surface area contributed by atoms with Crippen molar-refractivity contribution in [3.8, 4) is 5.69 Å². The Morgan fingerprint density at radius 1 is 1.25 bits per heavy atom. The Kier molecular flexibility index (Phi) is 6.48. The van der Waals surface area contributed by atoms with E-state index in [1.165, 1.54) is 10.9 Å². The summed E-state index contributed by atoms with van der Waals surface area (Å²) in [6, 6.07) is 6.05. The van der Waals surface area contributed by atoms with Gasteiger partial charge in [0.15, 0.2) is 0 Å². The average molecular weight is 441 g/mol. The van der Waals surface area contributed by atoms with E-state index in [2.05, 4.69) is 38.4 Å². The van der Waals surface area contributed by atoms with Crippen molar-refractivity contribution in [2.45, 2.75) is 45.3 Å². The summed E-state index contributed by atoms with van der Waals surface area (Å²) in [7, 11) is 0. The van der Waals surface area contributed by atoms with Crippen LogP contribution in [0.5, 0.6) is 0 Å². The number of aryl methyl sites for hydroxylation is 1. The Bertz CT molecular complexity index is 1040. The minimum Gasteiger partial charge on any atom is -0.444 e. The smallest absolute Gasteiger partial charge is 0.410 e. The van der Waals surface area contributed by atoms with Gasteiger partial charge in [0, 0.05) is 42.4 Å². The van der Waals surface area contributed by atoms with E-state index in [0.29, 0.717) is 13.1 Å². The summed E-state index contributed by atoms with van der Waals surface area (Å²) < 4.78 is 7.39. The normalized spacial score (nSPS) is 17.8. The third-order valence-corrected chi connectivity index (χ3v) is 5.79. The van der Waals surface area contributed by atoms with Crippen molar-refractivity contribution in [3.05, 3.63) is 42.6 Å². The van der Waals surface area contributed by atoms with Crippen molar-refractivity contribution in [1.82, 2.24) is 29.5 Å². The predicted molar refractivity (Wildman–Crippen MR) is 122 cm³/mol. The van der Waals surface area contributed by atoms with E-state index in [1.54, 1.807) is 17.6 Å². The molecule has 1 amide bonds. The molecule has 4 rings (SSSR count). The lowest BCUT2D eigenvalue weighted by atomic mass is 10.1. The summed E-state index contributed by atoms with van der Waals surface area (Å²) in [6.07, 6.45) is 7.07. The fourth-order valence-corrected chi connectivity index (χ4v) is 4.20. The van der Waals surface area contributed by atoms with E-state index >= 15 is 0 Å². The first-order valence-electron chi connectivity index (χ1n) is 11.1. The maximum absolute atomic E-state index is 12.5. The summed E-state index contributed by atoms with van der Waals surface area (Å²) >= 11 is 0. The van der Waals surface area contributed by atoms with Crippen molar-refractivity contribution in [1.29, 1.82) is 0 Å². The minimum atomic E-state index is -0.540. The highest BCUT2D eigenvalue weighted by Crippen LogP contribution is 2.23. The van der Waals surface area contributed by atoms with Crippen LogP contribution in [-0.2, 0) is 11.2 Å². The number of aliphatic hydroxyl groups excluding tert-OH is 1. The van der Waals surface area contributed by atoms with Gasteiger partial charge in [0.2, 0.25) is 0 Å². The van der Waals surface area contributed by atoms with Crippen LogP contribution in [0.25, 0.3) is 16.6 Å². The van der Waals surface area contributed by atoms with Crippen LogP contribution in [0.1, 0.15) is 32.8 Å². The van der Waals surface area contributed by atoms with Gasteiger partial charge in [-0.2, -0.15) is 0 Å². The van der Waals surface area contributed by atoms with Gasteiger partial charge in [0.1, 0.15) is 18.3 Å². The monoisotopic (exact) mass is 440 g/mol. The number of rotatable bonds is 6. The number of benzene rings is 1. The van der Waals surface area contributed by atoms with Gasteiger partial charge in [-0.1, -0.05) is 0 Å². The summed E-state index contributed by atoms with van der Waals surface area (Å²) in [6.45, 7) is 8.41. The number of carbonyl (C=O) groups excluding carboxylic acids is 1. The molecule has 0 spiro atoms. The molecule has 1 saturated heterocycles. The highest BCUT2D eigenvalue weighted by molar-refractivity contribution is 5.85.